The Kier molecular flexibility index (Phi) is 5.48. The molecule has 1 aromatic rings. The van der Waals surface area contributed by atoms with Crippen molar-refractivity contribution >= 4 is 22.5 Å². The van der Waals surface area contributed by atoms with E-state index in [4.69, 9.17) is 9.47 Å². The Bertz CT molecular complexity index is 584. The predicted octanol–water partition coefficient (Wildman–Crippen LogP) is 3.20. The zero-order valence-electron chi connectivity index (χ0n) is 14.5. The molecule has 1 N–H and O–H groups in total. The minimum atomic E-state index is -0.157. The van der Waals surface area contributed by atoms with E-state index in [1.165, 1.54) is 43.4 Å². The molecule has 2 saturated heterocycles. The molecule has 2 aliphatic heterocycles. The lowest BCUT2D eigenvalue weighted by atomic mass is 9.90. The zero-order chi connectivity index (χ0) is 17.1. The average molecular weight is 366 g/mol. The fourth-order valence-corrected chi connectivity index (χ4v) is 4.94. The van der Waals surface area contributed by atoms with Crippen LogP contribution < -0.4 is 5.32 Å². The van der Waals surface area contributed by atoms with Crippen molar-refractivity contribution in [3.63, 3.8) is 0 Å². The standard InChI is InChI=1S/C17H26N4O3S/c22-17(21-8-4-7-13(11-21)15-23-9-10-24-15)18-16-20-19-14(25-16)12-5-2-1-3-6-12/h12-13,15H,1-11H2,(H,18,20,22). The van der Waals surface area contributed by atoms with Gasteiger partial charge in [0.2, 0.25) is 5.13 Å². The quantitative estimate of drug-likeness (QED) is 0.889. The van der Waals surface area contributed by atoms with Crippen LogP contribution in [0.1, 0.15) is 55.9 Å². The number of ether oxygens (including phenoxy) is 2. The maximum Gasteiger partial charge on any atom is 0.323 e. The first-order valence-electron chi connectivity index (χ1n) is 9.42. The van der Waals surface area contributed by atoms with Crippen molar-refractivity contribution in [1.82, 2.24) is 15.1 Å². The molecule has 3 heterocycles. The first kappa shape index (κ1) is 17.2. The highest BCUT2D eigenvalue weighted by Crippen LogP contribution is 2.35. The summed E-state index contributed by atoms with van der Waals surface area (Å²) in [7, 11) is 0. The molecule has 1 saturated carbocycles. The van der Waals surface area contributed by atoms with Gasteiger partial charge in [-0.1, -0.05) is 30.6 Å². The lowest BCUT2D eigenvalue weighted by Crippen LogP contribution is -2.45. The predicted molar refractivity (Wildman–Crippen MR) is 94.7 cm³/mol. The minimum Gasteiger partial charge on any atom is -0.350 e. The molecule has 3 fully saturated rings. The lowest BCUT2D eigenvalue weighted by Gasteiger charge is -2.34. The topological polar surface area (TPSA) is 76.6 Å². The Balaban J connectivity index is 1.32. The molecule has 1 aliphatic carbocycles. The number of nitrogens with zero attached hydrogens (tertiary/aromatic N) is 3. The molecule has 25 heavy (non-hydrogen) atoms. The third-order valence-corrected chi connectivity index (χ3v) is 6.39. The van der Waals surface area contributed by atoms with E-state index < -0.39 is 0 Å². The summed E-state index contributed by atoms with van der Waals surface area (Å²) in [4.78, 5) is 14.4. The van der Waals surface area contributed by atoms with Crippen molar-refractivity contribution in [2.75, 3.05) is 31.6 Å². The number of amides is 2. The zero-order valence-corrected chi connectivity index (χ0v) is 15.3. The third kappa shape index (κ3) is 4.12. The molecule has 0 aromatic carbocycles. The Morgan fingerprint density at radius 2 is 1.88 bits per heavy atom. The van der Waals surface area contributed by atoms with Crippen LogP contribution in [0.5, 0.6) is 0 Å². The van der Waals surface area contributed by atoms with Crippen molar-refractivity contribution in [3.05, 3.63) is 5.01 Å². The number of rotatable bonds is 3. The van der Waals surface area contributed by atoms with E-state index in [0.29, 0.717) is 30.8 Å². The Morgan fingerprint density at radius 1 is 1.08 bits per heavy atom. The molecule has 7 nitrogen and oxygen atoms in total. The van der Waals surface area contributed by atoms with Crippen molar-refractivity contribution in [3.8, 4) is 0 Å². The lowest BCUT2D eigenvalue weighted by molar-refractivity contribution is -0.0959. The highest BCUT2D eigenvalue weighted by Gasteiger charge is 2.33. The van der Waals surface area contributed by atoms with Crippen LogP contribution in [0.25, 0.3) is 0 Å². The number of urea groups is 1. The van der Waals surface area contributed by atoms with Crippen LogP contribution in [0.2, 0.25) is 0 Å². The van der Waals surface area contributed by atoms with E-state index >= 15 is 0 Å². The van der Waals surface area contributed by atoms with Crippen LogP contribution in [0, 0.1) is 5.92 Å². The van der Waals surface area contributed by atoms with Crippen LogP contribution in [0.3, 0.4) is 0 Å². The normalized spacial score (nSPS) is 26.1. The number of anilines is 1. The number of piperidine rings is 1. The van der Waals surface area contributed by atoms with Gasteiger partial charge >= 0.3 is 6.03 Å². The fraction of sp³-hybridized carbons (Fsp3) is 0.824. The number of likely N-dealkylation sites (tertiary alicyclic amines) is 1. The van der Waals surface area contributed by atoms with Gasteiger partial charge in [0.05, 0.1) is 13.2 Å². The second-order valence-electron chi connectivity index (χ2n) is 7.17. The molecule has 3 aliphatic rings. The van der Waals surface area contributed by atoms with Gasteiger partial charge in [0, 0.05) is 24.9 Å². The molecule has 2 amide bonds. The molecule has 0 radical (unpaired) electrons. The largest absolute Gasteiger partial charge is 0.350 e. The van der Waals surface area contributed by atoms with Gasteiger partial charge in [-0.3, -0.25) is 5.32 Å². The van der Waals surface area contributed by atoms with Crippen molar-refractivity contribution in [1.29, 1.82) is 0 Å². The molecule has 138 valence electrons. The van der Waals surface area contributed by atoms with Gasteiger partial charge in [0.1, 0.15) is 5.01 Å². The summed E-state index contributed by atoms with van der Waals surface area (Å²) in [6, 6.07) is -0.0889. The summed E-state index contributed by atoms with van der Waals surface area (Å²) in [6.45, 7) is 2.75. The molecule has 0 bridgehead atoms. The molecule has 1 aromatic heterocycles. The van der Waals surface area contributed by atoms with Crippen LogP contribution >= 0.6 is 11.3 Å². The summed E-state index contributed by atoms with van der Waals surface area (Å²) in [5.74, 6) is 0.780. The first-order valence-corrected chi connectivity index (χ1v) is 10.2. The smallest absolute Gasteiger partial charge is 0.323 e. The van der Waals surface area contributed by atoms with Crippen molar-refractivity contribution in [2.45, 2.75) is 57.2 Å². The maximum atomic E-state index is 12.6. The van der Waals surface area contributed by atoms with Crippen molar-refractivity contribution < 1.29 is 14.3 Å². The van der Waals surface area contributed by atoms with Gasteiger partial charge in [-0.25, -0.2) is 4.79 Å². The Labute approximate surface area is 152 Å². The Hall–Kier alpha value is -1.25. The second-order valence-corrected chi connectivity index (χ2v) is 8.18. The number of aromatic nitrogens is 2. The van der Waals surface area contributed by atoms with Gasteiger partial charge in [-0.2, -0.15) is 0 Å². The number of carbonyl (C=O) groups excluding carboxylic acids is 1. The van der Waals surface area contributed by atoms with Crippen LogP contribution in [-0.4, -0.2) is 53.7 Å². The molecule has 1 atom stereocenters. The van der Waals surface area contributed by atoms with Gasteiger partial charge in [0.15, 0.2) is 6.29 Å². The summed E-state index contributed by atoms with van der Waals surface area (Å²) < 4.78 is 11.2. The maximum absolute atomic E-state index is 12.6. The molecule has 1 unspecified atom stereocenters. The number of nitrogens with one attached hydrogen (secondary N) is 1. The van der Waals surface area contributed by atoms with E-state index in [-0.39, 0.29) is 18.2 Å². The highest BCUT2D eigenvalue weighted by atomic mass is 32.1. The monoisotopic (exact) mass is 366 g/mol. The van der Waals surface area contributed by atoms with Gasteiger partial charge in [-0.05, 0) is 25.7 Å². The van der Waals surface area contributed by atoms with Crippen LogP contribution in [0.15, 0.2) is 0 Å². The summed E-state index contributed by atoms with van der Waals surface area (Å²) in [5.41, 5.74) is 0. The summed E-state index contributed by atoms with van der Waals surface area (Å²) in [5, 5.41) is 13.1. The van der Waals surface area contributed by atoms with Gasteiger partial charge < -0.3 is 14.4 Å². The second kappa shape index (κ2) is 7.97. The SMILES string of the molecule is O=C(Nc1nnc(C2CCCCC2)s1)N1CCCC(C2OCCO2)C1. The summed E-state index contributed by atoms with van der Waals surface area (Å²) >= 11 is 1.53. The Morgan fingerprint density at radius 3 is 2.68 bits per heavy atom. The highest BCUT2D eigenvalue weighted by molar-refractivity contribution is 7.15. The number of carbonyl (C=O) groups is 1. The third-order valence-electron chi connectivity index (χ3n) is 5.39. The number of hydrogen-bond acceptors (Lipinski definition) is 6. The first-order chi connectivity index (χ1) is 12.3. The fourth-order valence-electron chi connectivity index (χ4n) is 4.04. The molecular weight excluding hydrogens is 340 g/mol. The molecule has 0 spiro atoms. The molecule has 4 rings (SSSR count). The van der Waals surface area contributed by atoms with E-state index in [1.807, 2.05) is 4.90 Å². The van der Waals surface area contributed by atoms with E-state index in [9.17, 15) is 4.79 Å². The van der Waals surface area contributed by atoms with E-state index in [0.717, 1.165) is 24.4 Å². The average Bonchev–Trinajstić information content (AvgIpc) is 3.35. The van der Waals surface area contributed by atoms with Gasteiger partial charge in [0.25, 0.3) is 0 Å². The molecular formula is C17H26N4O3S. The van der Waals surface area contributed by atoms with E-state index in [2.05, 4.69) is 15.5 Å². The summed E-state index contributed by atoms with van der Waals surface area (Å²) in [6.07, 6.45) is 8.11. The molecule has 8 heteroatoms. The number of hydrogen-bond donors (Lipinski definition) is 1. The van der Waals surface area contributed by atoms with Crippen molar-refractivity contribution in [2.24, 2.45) is 5.92 Å². The van der Waals surface area contributed by atoms with Crippen LogP contribution in [0.4, 0.5) is 9.93 Å². The van der Waals surface area contributed by atoms with Crippen LogP contribution in [-0.2, 0) is 9.47 Å². The minimum absolute atomic E-state index is 0.0889. The van der Waals surface area contributed by atoms with E-state index in [1.54, 1.807) is 0 Å². The van der Waals surface area contributed by atoms with Gasteiger partial charge in [-0.15, -0.1) is 10.2 Å².